The SMILES string of the molecule is CC[NH+]1C/C(=C\c2ccc(OCc3ccccc3)cc2)c2nc3ccccc3c(C(=O)[O-])c2C1. The van der Waals surface area contributed by atoms with Gasteiger partial charge in [0.05, 0.1) is 23.7 Å². The Morgan fingerprint density at radius 1 is 1.00 bits per heavy atom. The Bertz CT molecular complexity index is 1360. The summed E-state index contributed by atoms with van der Waals surface area (Å²) in [6.07, 6.45) is 2.11. The van der Waals surface area contributed by atoms with Gasteiger partial charge in [0.25, 0.3) is 0 Å². The first-order valence-corrected chi connectivity index (χ1v) is 11.6. The maximum Gasteiger partial charge on any atom is 0.119 e. The second-order valence-electron chi connectivity index (χ2n) is 8.59. The zero-order valence-electron chi connectivity index (χ0n) is 19.1. The van der Waals surface area contributed by atoms with Crippen LogP contribution in [0.25, 0.3) is 22.6 Å². The van der Waals surface area contributed by atoms with Crippen LogP contribution in [-0.4, -0.2) is 24.0 Å². The summed E-state index contributed by atoms with van der Waals surface area (Å²) in [5.41, 5.74) is 5.64. The van der Waals surface area contributed by atoms with Gasteiger partial charge < -0.3 is 19.5 Å². The Morgan fingerprint density at radius 3 is 2.47 bits per heavy atom. The molecule has 5 heteroatoms. The van der Waals surface area contributed by atoms with Gasteiger partial charge >= 0.3 is 0 Å². The number of carbonyl (C=O) groups excluding carboxylic acids is 1. The number of ether oxygens (including phenoxy) is 1. The van der Waals surface area contributed by atoms with Crippen LogP contribution >= 0.6 is 0 Å². The summed E-state index contributed by atoms with van der Waals surface area (Å²) in [6.45, 7) is 4.93. The summed E-state index contributed by atoms with van der Waals surface area (Å²) in [5.74, 6) is -0.342. The number of benzene rings is 3. The molecule has 5 nitrogen and oxygen atoms in total. The van der Waals surface area contributed by atoms with Crippen molar-refractivity contribution >= 4 is 28.5 Å². The van der Waals surface area contributed by atoms with Gasteiger partial charge in [0.2, 0.25) is 0 Å². The first-order chi connectivity index (χ1) is 16.6. The van der Waals surface area contributed by atoms with Crippen molar-refractivity contribution in [3.63, 3.8) is 0 Å². The van der Waals surface area contributed by atoms with Gasteiger partial charge in [0.1, 0.15) is 25.4 Å². The van der Waals surface area contributed by atoms with Crippen LogP contribution in [0.3, 0.4) is 0 Å². The zero-order chi connectivity index (χ0) is 23.5. The number of fused-ring (bicyclic) bond motifs is 2. The molecule has 170 valence electrons. The van der Waals surface area contributed by atoms with E-state index in [1.54, 1.807) is 0 Å². The number of rotatable bonds is 6. The summed E-state index contributed by atoms with van der Waals surface area (Å²) in [6, 6.07) is 25.4. The monoisotopic (exact) mass is 450 g/mol. The number of nitrogens with one attached hydrogen (secondary N) is 1. The minimum absolute atomic E-state index is 0.266. The van der Waals surface area contributed by atoms with Crippen molar-refractivity contribution in [1.29, 1.82) is 0 Å². The molecule has 0 saturated heterocycles. The third kappa shape index (κ3) is 4.43. The summed E-state index contributed by atoms with van der Waals surface area (Å²) in [4.78, 5) is 18.3. The van der Waals surface area contributed by atoms with Gasteiger partial charge in [0, 0.05) is 22.1 Å². The topological polar surface area (TPSA) is 66.7 Å². The van der Waals surface area contributed by atoms with E-state index in [0.717, 1.165) is 46.8 Å². The lowest BCUT2D eigenvalue weighted by atomic mass is 9.92. The lowest BCUT2D eigenvalue weighted by Crippen LogP contribution is -3.11. The molecule has 3 aromatic carbocycles. The van der Waals surface area contributed by atoms with Crippen molar-refractivity contribution in [3.8, 4) is 5.75 Å². The average Bonchev–Trinajstić information content (AvgIpc) is 2.87. The number of carbonyl (C=O) groups is 1. The summed E-state index contributed by atoms with van der Waals surface area (Å²) >= 11 is 0. The highest BCUT2D eigenvalue weighted by Gasteiger charge is 2.28. The van der Waals surface area contributed by atoms with Crippen LogP contribution in [0.4, 0.5) is 0 Å². The summed E-state index contributed by atoms with van der Waals surface area (Å²) < 4.78 is 5.91. The van der Waals surface area contributed by atoms with Gasteiger partial charge in [-0.3, -0.25) is 0 Å². The van der Waals surface area contributed by atoms with Crippen molar-refractivity contribution in [1.82, 2.24) is 4.98 Å². The van der Waals surface area contributed by atoms with Crippen LogP contribution in [0.2, 0.25) is 0 Å². The van der Waals surface area contributed by atoms with Gasteiger partial charge in [0.15, 0.2) is 0 Å². The molecule has 1 N–H and O–H groups in total. The Labute approximate surface area is 199 Å². The van der Waals surface area contributed by atoms with Crippen molar-refractivity contribution in [2.75, 3.05) is 13.1 Å². The highest BCUT2D eigenvalue weighted by Crippen LogP contribution is 2.30. The zero-order valence-corrected chi connectivity index (χ0v) is 19.1. The molecule has 1 aliphatic rings. The fourth-order valence-corrected chi connectivity index (χ4v) is 4.56. The Kier molecular flexibility index (Phi) is 6.11. The van der Waals surface area contributed by atoms with Crippen molar-refractivity contribution in [2.24, 2.45) is 0 Å². The molecule has 34 heavy (non-hydrogen) atoms. The lowest BCUT2D eigenvalue weighted by Gasteiger charge is -2.29. The van der Waals surface area contributed by atoms with E-state index in [4.69, 9.17) is 9.72 Å². The maximum absolute atomic E-state index is 12.2. The number of carboxylic acid groups (broad SMARTS) is 1. The van der Waals surface area contributed by atoms with Gasteiger partial charge in [-0.2, -0.15) is 0 Å². The number of likely N-dealkylation sites (N-methyl/N-ethyl adjacent to an activating group) is 1. The van der Waals surface area contributed by atoms with Gasteiger partial charge in [-0.05, 0) is 42.3 Å². The number of hydrogen-bond donors (Lipinski definition) is 1. The number of quaternary nitrogens is 1. The lowest BCUT2D eigenvalue weighted by molar-refractivity contribution is -0.905. The van der Waals surface area contributed by atoms with Crippen molar-refractivity contribution in [3.05, 3.63) is 107 Å². The van der Waals surface area contributed by atoms with E-state index in [2.05, 4.69) is 13.0 Å². The number of hydrogen-bond acceptors (Lipinski definition) is 4. The fourth-order valence-electron chi connectivity index (χ4n) is 4.56. The molecule has 1 aliphatic heterocycles. The molecule has 0 radical (unpaired) electrons. The van der Waals surface area contributed by atoms with E-state index in [1.165, 1.54) is 4.90 Å². The molecule has 5 rings (SSSR count). The van der Waals surface area contributed by atoms with Crippen LogP contribution in [0.1, 0.15) is 39.7 Å². The van der Waals surface area contributed by atoms with E-state index >= 15 is 0 Å². The molecule has 0 spiro atoms. The highest BCUT2D eigenvalue weighted by atomic mass is 16.5. The molecule has 0 bridgehead atoms. The number of nitrogens with zero attached hydrogens (tertiary/aromatic N) is 1. The standard InChI is InChI=1S/C29H26N2O3/c1-2-31-17-22(16-20-12-14-23(15-13-20)34-19-21-8-4-3-5-9-21)28-25(18-31)27(29(32)33)24-10-6-7-11-26(24)30-28/h3-16H,2,17-19H2,1H3,(H,32,33)/b22-16+. The van der Waals surface area contributed by atoms with Crippen molar-refractivity contribution in [2.45, 2.75) is 20.1 Å². The largest absolute Gasteiger partial charge is 0.545 e. The smallest absolute Gasteiger partial charge is 0.119 e. The molecule has 1 aromatic heterocycles. The highest BCUT2D eigenvalue weighted by molar-refractivity contribution is 6.05. The molecule has 0 fully saturated rings. The molecule has 0 saturated carbocycles. The normalized spacial score (nSPS) is 16.4. The van der Waals surface area contributed by atoms with Crippen LogP contribution in [0, 0.1) is 0 Å². The molecule has 1 unspecified atom stereocenters. The van der Waals surface area contributed by atoms with Crippen LogP contribution < -0.4 is 14.7 Å². The maximum atomic E-state index is 12.2. The number of aromatic nitrogens is 1. The summed E-state index contributed by atoms with van der Waals surface area (Å²) in [7, 11) is 0. The van der Waals surface area contributed by atoms with Crippen molar-refractivity contribution < 1.29 is 19.5 Å². The third-order valence-electron chi connectivity index (χ3n) is 6.34. The van der Waals surface area contributed by atoms with Gasteiger partial charge in [-0.1, -0.05) is 60.7 Å². The number of carboxylic acids is 1. The van der Waals surface area contributed by atoms with E-state index in [9.17, 15) is 9.90 Å². The predicted molar refractivity (Wildman–Crippen MR) is 131 cm³/mol. The second kappa shape index (κ2) is 9.49. The van der Waals surface area contributed by atoms with E-state index < -0.39 is 5.97 Å². The Morgan fingerprint density at radius 2 is 1.74 bits per heavy atom. The predicted octanol–water partition coefficient (Wildman–Crippen LogP) is 3.14. The van der Waals surface area contributed by atoms with E-state index in [0.29, 0.717) is 24.1 Å². The van der Waals surface area contributed by atoms with Gasteiger partial charge in [-0.15, -0.1) is 0 Å². The number of pyridine rings is 1. The van der Waals surface area contributed by atoms with Crippen LogP contribution in [0.15, 0.2) is 78.9 Å². The molecule has 4 aromatic rings. The second-order valence-corrected chi connectivity index (χ2v) is 8.59. The molecular formula is C29H26N2O3. The number of aromatic carboxylic acids is 1. The minimum Gasteiger partial charge on any atom is -0.545 e. The summed E-state index contributed by atoms with van der Waals surface area (Å²) in [5, 5.41) is 12.8. The quantitative estimate of drug-likeness (QED) is 0.490. The molecule has 0 aliphatic carbocycles. The Hall–Kier alpha value is -3.96. The molecule has 2 heterocycles. The molecular weight excluding hydrogens is 424 g/mol. The van der Waals surface area contributed by atoms with E-state index in [1.807, 2.05) is 78.9 Å². The fraction of sp³-hybridized carbons (Fsp3) is 0.172. The average molecular weight is 451 g/mol. The molecule has 0 amide bonds. The molecule has 1 atom stereocenters. The van der Waals surface area contributed by atoms with Gasteiger partial charge in [-0.25, -0.2) is 4.98 Å². The minimum atomic E-state index is -1.15. The first kappa shape index (κ1) is 21.9. The van der Waals surface area contributed by atoms with Crippen LogP contribution in [0.5, 0.6) is 5.75 Å². The van der Waals surface area contributed by atoms with Crippen LogP contribution in [-0.2, 0) is 13.2 Å². The van der Waals surface area contributed by atoms with E-state index in [-0.39, 0.29) is 5.56 Å². The Balaban J connectivity index is 1.49. The number of para-hydroxylation sites is 1. The third-order valence-corrected chi connectivity index (χ3v) is 6.34. The first-order valence-electron chi connectivity index (χ1n) is 11.6.